The number of hydrogen-bond donors (Lipinski definition) is 2. The molecule has 1 aromatic rings. The summed E-state index contributed by atoms with van der Waals surface area (Å²) in [4.78, 5) is 26.1. The lowest BCUT2D eigenvalue weighted by atomic mass is 10.1. The molecule has 0 spiro atoms. The summed E-state index contributed by atoms with van der Waals surface area (Å²) >= 11 is 0. The van der Waals surface area contributed by atoms with Crippen molar-refractivity contribution in [3.05, 3.63) is 29.3 Å². The maximum absolute atomic E-state index is 12.4. The van der Waals surface area contributed by atoms with Crippen LogP contribution in [-0.4, -0.2) is 42.4 Å². The zero-order valence-electron chi connectivity index (χ0n) is 14.3. The maximum Gasteiger partial charge on any atom is 0.238 e. The summed E-state index contributed by atoms with van der Waals surface area (Å²) in [5.41, 5.74) is 3.04. The molecule has 23 heavy (non-hydrogen) atoms. The van der Waals surface area contributed by atoms with Crippen molar-refractivity contribution in [3.8, 4) is 0 Å². The molecule has 1 aliphatic carbocycles. The van der Waals surface area contributed by atoms with E-state index in [2.05, 4.69) is 15.5 Å². The van der Waals surface area contributed by atoms with E-state index in [4.69, 9.17) is 0 Å². The van der Waals surface area contributed by atoms with E-state index >= 15 is 0 Å². The lowest BCUT2D eigenvalue weighted by Crippen LogP contribution is -2.38. The van der Waals surface area contributed by atoms with E-state index in [9.17, 15) is 9.59 Å². The highest BCUT2D eigenvalue weighted by molar-refractivity contribution is 5.93. The molecule has 1 aliphatic rings. The molecule has 5 nitrogen and oxygen atoms in total. The highest BCUT2D eigenvalue weighted by atomic mass is 16.2. The van der Waals surface area contributed by atoms with Crippen LogP contribution in [0.1, 0.15) is 37.3 Å². The average molecular weight is 317 g/mol. The Bertz CT molecular complexity index is 547. The molecule has 0 radical (unpaired) electrons. The zero-order valence-corrected chi connectivity index (χ0v) is 14.3. The number of carbonyl (C=O) groups is 2. The third-order valence-corrected chi connectivity index (χ3v) is 4.16. The van der Waals surface area contributed by atoms with Gasteiger partial charge in [-0.1, -0.05) is 18.2 Å². The molecule has 1 saturated carbocycles. The molecule has 0 unspecified atom stereocenters. The largest absolute Gasteiger partial charge is 0.356 e. The topological polar surface area (TPSA) is 61.4 Å². The van der Waals surface area contributed by atoms with Crippen molar-refractivity contribution < 1.29 is 9.59 Å². The van der Waals surface area contributed by atoms with E-state index in [0.717, 1.165) is 29.7 Å². The van der Waals surface area contributed by atoms with Crippen LogP contribution in [0, 0.1) is 13.8 Å². The van der Waals surface area contributed by atoms with Crippen LogP contribution in [0.3, 0.4) is 0 Å². The Labute approximate surface area is 138 Å². The highest BCUT2D eigenvalue weighted by Crippen LogP contribution is 2.27. The van der Waals surface area contributed by atoms with Gasteiger partial charge in [-0.3, -0.25) is 14.5 Å². The first-order valence-electron chi connectivity index (χ1n) is 8.38. The van der Waals surface area contributed by atoms with Crippen molar-refractivity contribution in [2.75, 3.05) is 25.0 Å². The van der Waals surface area contributed by atoms with E-state index in [0.29, 0.717) is 32.1 Å². The number of benzene rings is 1. The van der Waals surface area contributed by atoms with E-state index in [1.165, 1.54) is 0 Å². The summed E-state index contributed by atoms with van der Waals surface area (Å²) in [6.07, 6.45) is 2.68. The Morgan fingerprint density at radius 2 is 1.83 bits per heavy atom. The molecule has 0 saturated heterocycles. The molecule has 5 heteroatoms. The van der Waals surface area contributed by atoms with E-state index in [-0.39, 0.29) is 11.8 Å². The van der Waals surface area contributed by atoms with Crippen LogP contribution in [0.15, 0.2) is 18.2 Å². The van der Waals surface area contributed by atoms with Crippen LogP contribution in [0.4, 0.5) is 5.69 Å². The molecule has 2 N–H and O–H groups in total. The fraction of sp³-hybridized carbons (Fsp3) is 0.556. The first kappa shape index (κ1) is 17.5. The van der Waals surface area contributed by atoms with Crippen LogP contribution in [0.2, 0.25) is 0 Å². The number of amides is 2. The number of carbonyl (C=O) groups excluding carboxylic acids is 2. The number of aryl methyl sites for hydroxylation is 2. The van der Waals surface area contributed by atoms with Gasteiger partial charge in [0.1, 0.15) is 0 Å². The Kier molecular flexibility index (Phi) is 6.16. The molecule has 0 aromatic heterocycles. The summed E-state index contributed by atoms with van der Waals surface area (Å²) in [5, 5.41) is 5.83. The number of rotatable bonds is 8. The van der Waals surface area contributed by atoms with Crippen molar-refractivity contribution in [1.29, 1.82) is 0 Å². The third kappa shape index (κ3) is 5.36. The van der Waals surface area contributed by atoms with E-state index in [1.807, 2.05) is 39.0 Å². The Morgan fingerprint density at radius 1 is 1.17 bits per heavy atom. The molecule has 0 heterocycles. The van der Waals surface area contributed by atoms with Gasteiger partial charge in [0.05, 0.1) is 6.54 Å². The lowest BCUT2D eigenvalue weighted by molar-refractivity contribution is -0.122. The average Bonchev–Trinajstić information content (AvgIpc) is 3.32. The Morgan fingerprint density at radius 3 is 2.39 bits per heavy atom. The van der Waals surface area contributed by atoms with Gasteiger partial charge in [-0.15, -0.1) is 0 Å². The second kappa shape index (κ2) is 8.11. The van der Waals surface area contributed by atoms with Crippen molar-refractivity contribution in [1.82, 2.24) is 10.2 Å². The SMILES string of the molecule is CCNC(=O)CCN(CC(=O)Nc1c(C)cccc1C)C1CC1. The number of para-hydroxylation sites is 1. The van der Waals surface area contributed by atoms with Crippen molar-refractivity contribution >= 4 is 17.5 Å². The van der Waals surface area contributed by atoms with Crippen LogP contribution >= 0.6 is 0 Å². The quantitative estimate of drug-likeness (QED) is 0.773. The minimum absolute atomic E-state index is 0.00907. The van der Waals surface area contributed by atoms with Gasteiger partial charge in [-0.2, -0.15) is 0 Å². The van der Waals surface area contributed by atoms with Crippen molar-refractivity contribution in [2.24, 2.45) is 0 Å². The maximum atomic E-state index is 12.4. The summed E-state index contributed by atoms with van der Waals surface area (Å²) in [6.45, 7) is 7.53. The van der Waals surface area contributed by atoms with Gasteiger partial charge in [0.25, 0.3) is 0 Å². The summed E-state index contributed by atoms with van der Waals surface area (Å²) < 4.78 is 0. The Balaban J connectivity index is 1.89. The van der Waals surface area contributed by atoms with E-state index in [1.54, 1.807) is 0 Å². The van der Waals surface area contributed by atoms with Gasteiger partial charge in [0.2, 0.25) is 11.8 Å². The van der Waals surface area contributed by atoms with Gasteiger partial charge >= 0.3 is 0 Å². The van der Waals surface area contributed by atoms with Crippen molar-refractivity contribution in [2.45, 2.75) is 46.1 Å². The number of nitrogens with one attached hydrogen (secondary N) is 2. The number of anilines is 1. The fourth-order valence-electron chi connectivity index (χ4n) is 2.74. The van der Waals surface area contributed by atoms with Crippen LogP contribution < -0.4 is 10.6 Å². The standard InChI is InChI=1S/C18H27N3O2/c1-4-19-16(22)10-11-21(15-8-9-15)12-17(23)20-18-13(2)6-5-7-14(18)3/h5-7,15H,4,8-12H2,1-3H3,(H,19,22)(H,20,23). The molecule has 1 fully saturated rings. The number of nitrogens with zero attached hydrogens (tertiary/aromatic N) is 1. The van der Waals surface area contributed by atoms with Crippen LogP contribution in [-0.2, 0) is 9.59 Å². The molecule has 0 bridgehead atoms. The molecular weight excluding hydrogens is 290 g/mol. The first-order valence-corrected chi connectivity index (χ1v) is 8.38. The van der Waals surface area contributed by atoms with Gasteiger partial charge in [-0.05, 0) is 44.7 Å². The van der Waals surface area contributed by atoms with Crippen LogP contribution in [0.25, 0.3) is 0 Å². The zero-order chi connectivity index (χ0) is 16.8. The first-order chi connectivity index (χ1) is 11.0. The number of hydrogen-bond acceptors (Lipinski definition) is 3. The second-order valence-electron chi connectivity index (χ2n) is 6.22. The second-order valence-corrected chi connectivity index (χ2v) is 6.22. The molecule has 2 amide bonds. The van der Waals surface area contributed by atoms with E-state index < -0.39 is 0 Å². The predicted octanol–water partition coefficient (Wildman–Crippen LogP) is 2.23. The smallest absolute Gasteiger partial charge is 0.238 e. The molecule has 1 aromatic carbocycles. The lowest BCUT2D eigenvalue weighted by Gasteiger charge is -2.21. The minimum atomic E-state index is -0.00907. The third-order valence-electron chi connectivity index (χ3n) is 4.16. The minimum Gasteiger partial charge on any atom is -0.356 e. The predicted molar refractivity (Wildman–Crippen MR) is 92.4 cm³/mol. The molecule has 2 rings (SSSR count). The molecule has 0 aliphatic heterocycles. The van der Waals surface area contributed by atoms with Gasteiger partial charge < -0.3 is 10.6 Å². The highest BCUT2D eigenvalue weighted by Gasteiger charge is 2.30. The normalized spacial score (nSPS) is 13.9. The Hall–Kier alpha value is -1.88. The molecule has 0 atom stereocenters. The van der Waals surface area contributed by atoms with Crippen LogP contribution in [0.5, 0.6) is 0 Å². The fourth-order valence-corrected chi connectivity index (χ4v) is 2.74. The molecular formula is C18H27N3O2. The summed E-state index contributed by atoms with van der Waals surface area (Å²) in [5.74, 6) is 0.0403. The van der Waals surface area contributed by atoms with Crippen molar-refractivity contribution in [3.63, 3.8) is 0 Å². The molecule has 126 valence electrons. The van der Waals surface area contributed by atoms with Gasteiger partial charge in [0, 0.05) is 31.2 Å². The monoisotopic (exact) mass is 317 g/mol. The summed E-state index contributed by atoms with van der Waals surface area (Å²) in [7, 11) is 0. The van der Waals surface area contributed by atoms with Gasteiger partial charge in [-0.25, -0.2) is 0 Å². The van der Waals surface area contributed by atoms with Gasteiger partial charge in [0.15, 0.2) is 0 Å². The summed E-state index contributed by atoms with van der Waals surface area (Å²) in [6, 6.07) is 6.43.